The lowest BCUT2D eigenvalue weighted by Crippen LogP contribution is -2.45. The molecule has 0 spiro atoms. The van der Waals surface area contributed by atoms with Crippen LogP contribution in [-0.2, 0) is 0 Å². The van der Waals surface area contributed by atoms with E-state index in [0.717, 1.165) is 0 Å². The highest BCUT2D eigenvalue weighted by atomic mass is 19.2. The van der Waals surface area contributed by atoms with E-state index in [1.807, 2.05) is 0 Å². The molecule has 0 amide bonds. The van der Waals surface area contributed by atoms with Crippen molar-refractivity contribution in [1.29, 1.82) is 0 Å². The standard InChI is InChI=1S/C12H13F5N2/c1-6(19-4-2-18-3-5-19)7-8(13)10(15)12(17)11(16)9(7)14/h6,18H,2-5H2,1H3/t6-/m1/s1. The molecule has 2 nitrogen and oxygen atoms in total. The Kier molecular flexibility index (Phi) is 4.05. The van der Waals surface area contributed by atoms with Crippen molar-refractivity contribution in [2.24, 2.45) is 0 Å². The van der Waals surface area contributed by atoms with Crippen molar-refractivity contribution in [1.82, 2.24) is 10.2 Å². The first-order valence-electron chi connectivity index (χ1n) is 5.91. The van der Waals surface area contributed by atoms with Gasteiger partial charge in [0.25, 0.3) is 0 Å². The SMILES string of the molecule is C[C@H](c1c(F)c(F)c(F)c(F)c1F)N1CCNCC1. The van der Waals surface area contributed by atoms with Crippen molar-refractivity contribution < 1.29 is 22.0 Å². The lowest BCUT2D eigenvalue weighted by Gasteiger charge is -2.33. The van der Waals surface area contributed by atoms with Gasteiger partial charge in [0.15, 0.2) is 23.3 Å². The number of halogens is 5. The molecule has 2 rings (SSSR count). The van der Waals surface area contributed by atoms with Crippen LogP contribution < -0.4 is 5.32 Å². The minimum Gasteiger partial charge on any atom is -0.314 e. The first kappa shape index (κ1) is 14.2. The average Bonchev–Trinajstić information content (AvgIpc) is 2.44. The van der Waals surface area contributed by atoms with Gasteiger partial charge in [0.1, 0.15) is 0 Å². The van der Waals surface area contributed by atoms with Gasteiger partial charge in [-0.05, 0) is 6.92 Å². The van der Waals surface area contributed by atoms with Crippen molar-refractivity contribution in [2.45, 2.75) is 13.0 Å². The van der Waals surface area contributed by atoms with Crippen molar-refractivity contribution in [3.05, 3.63) is 34.6 Å². The quantitative estimate of drug-likeness (QED) is 0.508. The van der Waals surface area contributed by atoms with Crippen LogP contribution in [0, 0.1) is 29.1 Å². The van der Waals surface area contributed by atoms with Gasteiger partial charge in [-0.1, -0.05) is 0 Å². The summed E-state index contributed by atoms with van der Waals surface area (Å²) in [5.41, 5.74) is -0.765. The van der Waals surface area contributed by atoms with Gasteiger partial charge >= 0.3 is 0 Å². The molecule has 0 bridgehead atoms. The second-order valence-electron chi connectivity index (χ2n) is 4.45. The van der Waals surface area contributed by atoms with Gasteiger partial charge in [-0.2, -0.15) is 0 Å². The Morgan fingerprint density at radius 3 is 1.74 bits per heavy atom. The molecular formula is C12H13F5N2. The Hall–Kier alpha value is -1.21. The van der Waals surface area contributed by atoms with E-state index < -0.39 is 40.7 Å². The Morgan fingerprint density at radius 2 is 1.26 bits per heavy atom. The van der Waals surface area contributed by atoms with Crippen LogP contribution in [0.2, 0.25) is 0 Å². The highest BCUT2D eigenvalue weighted by Crippen LogP contribution is 2.30. The fraction of sp³-hybridized carbons (Fsp3) is 0.500. The van der Waals surface area contributed by atoms with E-state index in [-0.39, 0.29) is 0 Å². The first-order chi connectivity index (χ1) is 8.95. The van der Waals surface area contributed by atoms with Gasteiger partial charge in [0.2, 0.25) is 5.82 Å². The highest BCUT2D eigenvalue weighted by Gasteiger charge is 2.31. The fourth-order valence-corrected chi connectivity index (χ4v) is 2.24. The van der Waals surface area contributed by atoms with Gasteiger partial charge in [-0.25, -0.2) is 22.0 Å². The molecule has 1 saturated heterocycles. The Balaban J connectivity index is 2.43. The molecule has 0 saturated carbocycles. The smallest absolute Gasteiger partial charge is 0.200 e. The van der Waals surface area contributed by atoms with E-state index in [4.69, 9.17) is 0 Å². The van der Waals surface area contributed by atoms with Crippen LogP contribution in [0.4, 0.5) is 22.0 Å². The van der Waals surface area contributed by atoms with Crippen LogP contribution in [0.25, 0.3) is 0 Å². The monoisotopic (exact) mass is 280 g/mol. The second-order valence-corrected chi connectivity index (χ2v) is 4.45. The normalized spacial score (nSPS) is 18.6. The summed E-state index contributed by atoms with van der Waals surface area (Å²) in [4.78, 5) is 1.68. The summed E-state index contributed by atoms with van der Waals surface area (Å²) in [6.07, 6.45) is 0. The summed E-state index contributed by atoms with van der Waals surface area (Å²) >= 11 is 0. The predicted octanol–water partition coefficient (Wildman–Crippen LogP) is 2.35. The molecule has 0 radical (unpaired) electrons. The molecule has 1 atom stereocenters. The molecule has 1 aromatic carbocycles. The van der Waals surface area contributed by atoms with E-state index in [1.54, 1.807) is 4.90 Å². The maximum Gasteiger partial charge on any atom is 0.200 e. The third-order valence-electron chi connectivity index (χ3n) is 3.36. The zero-order valence-corrected chi connectivity index (χ0v) is 10.2. The molecular weight excluding hydrogens is 267 g/mol. The van der Waals surface area contributed by atoms with Crippen LogP contribution in [0.5, 0.6) is 0 Å². The van der Waals surface area contributed by atoms with Gasteiger partial charge in [-0.3, -0.25) is 4.90 Å². The highest BCUT2D eigenvalue weighted by molar-refractivity contribution is 5.26. The third-order valence-corrected chi connectivity index (χ3v) is 3.36. The van der Waals surface area contributed by atoms with Crippen molar-refractivity contribution in [3.63, 3.8) is 0 Å². The maximum atomic E-state index is 13.6. The molecule has 1 aliphatic rings. The number of hydrogen-bond donors (Lipinski definition) is 1. The lowest BCUT2D eigenvalue weighted by molar-refractivity contribution is 0.175. The Bertz CT molecular complexity index is 456. The van der Waals surface area contributed by atoms with Gasteiger partial charge in [0.05, 0.1) is 0 Å². The molecule has 1 aromatic rings. The zero-order valence-electron chi connectivity index (χ0n) is 10.2. The van der Waals surface area contributed by atoms with Crippen LogP contribution in [0.1, 0.15) is 18.5 Å². The number of rotatable bonds is 2. The minimum atomic E-state index is -2.12. The molecule has 7 heteroatoms. The largest absolute Gasteiger partial charge is 0.314 e. The van der Waals surface area contributed by atoms with Gasteiger partial charge in [0, 0.05) is 37.8 Å². The zero-order chi connectivity index (χ0) is 14.2. The summed E-state index contributed by atoms with van der Waals surface area (Å²) in [6.45, 7) is 3.63. The number of benzene rings is 1. The molecule has 106 valence electrons. The fourth-order valence-electron chi connectivity index (χ4n) is 2.24. The van der Waals surface area contributed by atoms with Gasteiger partial charge < -0.3 is 5.32 Å². The van der Waals surface area contributed by atoms with E-state index in [2.05, 4.69) is 5.32 Å². The van der Waals surface area contributed by atoms with E-state index in [1.165, 1.54) is 6.92 Å². The molecule has 0 aromatic heterocycles. The predicted molar refractivity (Wildman–Crippen MR) is 59.1 cm³/mol. The number of hydrogen-bond acceptors (Lipinski definition) is 2. The summed E-state index contributed by atoms with van der Waals surface area (Å²) < 4.78 is 66.5. The minimum absolute atomic E-state index is 0.487. The third kappa shape index (κ3) is 2.44. The average molecular weight is 280 g/mol. The van der Waals surface area contributed by atoms with Crippen molar-refractivity contribution in [2.75, 3.05) is 26.2 Å². The van der Waals surface area contributed by atoms with E-state index >= 15 is 0 Å². The van der Waals surface area contributed by atoms with Crippen LogP contribution in [0.15, 0.2) is 0 Å². The topological polar surface area (TPSA) is 15.3 Å². The maximum absolute atomic E-state index is 13.6. The first-order valence-corrected chi connectivity index (χ1v) is 5.91. The second kappa shape index (κ2) is 5.42. The van der Waals surface area contributed by atoms with E-state index in [0.29, 0.717) is 26.2 Å². The summed E-state index contributed by atoms with van der Waals surface area (Å²) in [5, 5.41) is 3.04. The molecule has 1 heterocycles. The number of nitrogens with zero attached hydrogens (tertiary/aromatic N) is 1. The molecule has 0 aliphatic carbocycles. The van der Waals surface area contributed by atoms with Crippen LogP contribution in [-0.4, -0.2) is 31.1 Å². The summed E-state index contributed by atoms with van der Waals surface area (Å²) in [5.74, 6) is -9.40. The molecule has 1 aliphatic heterocycles. The van der Waals surface area contributed by atoms with Crippen LogP contribution >= 0.6 is 0 Å². The van der Waals surface area contributed by atoms with Crippen molar-refractivity contribution >= 4 is 0 Å². The van der Waals surface area contributed by atoms with Gasteiger partial charge in [-0.15, -0.1) is 0 Å². The lowest BCUT2D eigenvalue weighted by atomic mass is 10.0. The number of nitrogens with one attached hydrogen (secondary N) is 1. The Labute approximate surface area is 107 Å². The van der Waals surface area contributed by atoms with Crippen molar-refractivity contribution in [3.8, 4) is 0 Å². The number of piperazine rings is 1. The summed E-state index contributed by atoms with van der Waals surface area (Å²) in [6, 6.07) is -0.869. The Morgan fingerprint density at radius 1 is 0.842 bits per heavy atom. The molecule has 19 heavy (non-hydrogen) atoms. The summed E-state index contributed by atoms with van der Waals surface area (Å²) in [7, 11) is 0. The molecule has 1 fully saturated rings. The molecule has 0 unspecified atom stereocenters. The van der Waals surface area contributed by atoms with E-state index in [9.17, 15) is 22.0 Å². The van der Waals surface area contributed by atoms with Crippen LogP contribution in [0.3, 0.4) is 0 Å². The molecule has 1 N–H and O–H groups in total.